The van der Waals surface area contributed by atoms with Crippen molar-refractivity contribution in [2.45, 2.75) is 11.1 Å². The maximum absolute atomic E-state index is 12.2. The van der Waals surface area contributed by atoms with Crippen LogP contribution < -0.4 is 16.4 Å². The van der Waals surface area contributed by atoms with Gasteiger partial charge in [0.05, 0.1) is 5.69 Å². The van der Waals surface area contributed by atoms with Crippen molar-refractivity contribution in [3.8, 4) is 0 Å². The molecule has 11 heteroatoms. The molecule has 0 aromatic carbocycles. The number of anilines is 2. The van der Waals surface area contributed by atoms with Crippen LogP contribution in [0.4, 0.5) is 23.9 Å². The third kappa shape index (κ3) is 3.76. The first kappa shape index (κ1) is 16.6. The van der Waals surface area contributed by atoms with Crippen LogP contribution in [0.5, 0.6) is 0 Å². The van der Waals surface area contributed by atoms with Crippen molar-refractivity contribution in [2.24, 2.45) is 0 Å². The number of alkyl halides is 3. The van der Waals surface area contributed by atoms with Crippen molar-refractivity contribution in [1.29, 1.82) is 0 Å². The molecule has 1 amide bonds. The van der Waals surface area contributed by atoms with Crippen LogP contribution in [0, 0.1) is 0 Å². The summed E-state index contributed by atoms with van der Waals surface area (Å²) < 4.78 is 59.7. The first-order chi connectivity index (χ1) is 8.97. The number of carbonyl (C=O) groups excluding carboxylic acids is 1. The Balaban J connectivity index is 3.32. The van der Waals surface area contributed by atoms with Gasteiger partial charge in [-0.3, -0.25) is 4.79 Å². The molecule has 0 saturated heterocycles. The predicted molar refractivity (Wildman–Crippen MR) is 69.8 cm³/mol. The summed E-state index contributed by atoms with van der Waals surface area (Å²) in [4.78, 5) is 10.9. The molecule has 0 bridgehead atoms. The van der Waals surface area contributed by atoms with Crippen molar-refractivity contribution >= 4 is 37.8 Å². The monoisotopic (exact) mass is 331 g/mol. The molecule has 0 aliphatic heterocycles. The maximum atomic E-state index is 12.2. The molecule has 0 radical (unpaired) electrons. The zero-order chi connectivity index (χ0) is 15.7. The van der Waals surface area contributed by atoms with Crippen LogP contribution in [0.15, 0.2) is 4.90 Å². The second kappa shape index (κ2) is 5.48. The highest BCUT2D eigenvalue weighted by atomic mass is 32.2. The molecule has 0 spiro atoms. The van der Waals surface area contributed by atoms with E-state index in [9.17, 15) is 26.4 Å². The molecule has 1 aromatic rings. The lowest BCUT2D eigenvalue weighted by atomic mass is 10.3. The highest BCUT2D eigenvalue weighted by Gasteiger charge is 2.31. The van der Waals surface area contributed by atoms with Crippen molar-refractivity contribution in [2.75, 3.05) is 30.9 Å². The Hall–Kier alpha value is -1.49. The topological polar surface area (TPSA) is 101 Å². The molecule has 114 valence electrons. The van der Waals surface area contributed by atoms with E-state index >= 15 is 0 Å². The van der Waals surface area contributed by atoms with Gasteiger partial charge in [-0.2, -0.15) is 13.2 Å². The molecule has 0 fully saturated rings. The third-order valence-corrected chi connectivity index (χ3v) is 4.61. The van der Waals surface area contributed by atoms with Gasteiger partial charge in [-0.15, -0.1) is 11.3 Å². The van der Waals surface area contributed by atoms with Crippen LogP contribution in [-0.2, 0) is 9.84 Å². The van der Waals surface area contributed by atoms with E-state index < -0.39 is 33.4 Å². The Labute approximate surface area is 117 Å². The molecule has 6 nitrogen and oxygen atoms in total. The number of halogens is 3. The third-order valence-electron chi connectivity index (χ3n) is 2.15. The largest absolute Gasteiger partial charge is 0.405 e. The maximum Gasteiger partial charge on any atom is 0.405 e. The van der Waals surface area contributed by atoms with Crippen LogP contribution in [0.3, 0.4) is 0 Å². The van der Waals surface area contributed by atoms with Crippen molar-refractivity contribution in [3.63, 3.8) is 0 Å². The van der Waals surface area contributed by atoms with Gasteiger partial charge in [-0.25, -0.2) is 8.42 Å². The van der Waals surface area contributed by atoms with Gasteiger partial charge in [-0.1, -0.05) is 0 Å². The number of hydrogen-bond acceptors (Lipinski definition) is 6. The molecular weight excluding hydrogens is 319 g/mol. The fraction of sp³-hybridized carbons (Fsp3) is 0.444. The van der Waals surface area contributed by atoms with E-state index in [-0.39, 0.29) is 15.6 Å². The van der Waals surface area contributed by atoms with Crippen molar-refractivity contribution in [3.05, 3.63) is 4.88 Å². The van der Waals surface area contributed by atoms with Crippen LogP contribution >= 0.6 is 11.3 Å². The van der Waals surface area contributed by atoms with Gasteiger partial charge in [-0.05, 0) is 0 Å². The lowest BCUT2D eigenvalue weighted by Crippen LogP contribution is -2.21. The van der Waals surface area contributed by atoms with E-state index in [0.717, 1.165) is 6.26 Å². The van der Waals surface area contributed by atoms with Gasteiger partial charge >= 0.3 is 6.18 Å². The van der Waals surface area contributed by atoms with Crippen LogP contribution in [0.25, 0.3) is 0 Å². The number of carbonyl (C=O) groups is 1. The number of nitrogens with one attached hydrogen (secondary N) is 2. The van der Waals surface area contributed by atoms with Crippen LogP contribution in [0.1, 0.15) is 9.67 Å². The molecule has 1 heterocycles. The number of hydrogen-bond donors (Lipinski definition) is 3. The summed E-state index contributed by atoms with van der Waals surface area (Å²) in [6.07, 6.45) is -3.72. The SMILES string of the molecule is CNC(=O)c1sc(NCC(F)(F)F)c(S(C)(=O)=O)c1N. The Morgan fingerprint density at radius 3 is 2.35 bits per heavy atom. The number of thiophene rings is 1. The fourth-order valence-electron chi connectivity index (χ4n) is 1.38. The minimum atomic E-state index is -4.53. The number of amides is 1. The molecule has 0 aliphatic carbocycles. The zero-order valence-corrected chi connectivity index (χ0v) is 12.1. The van der Waals surface area contributed by atoms with E-state index in [1.54, 1.807) is 0 Å². The van der Waals surface area contributed by atoms with Gasteiger partial charge in [0, 0.05) is 13.3 Å². The molecule has 20 heavy (non-hydrogen) atoms. The molecule has 4 N–H and O–H groups in total. The molecule has 1 rings (SSSR count). The Morgan fingerprint density at radius 2 is 1.95 bits per heavy atom. The second-order valence-corrected chi connectivity index (χ2v) is 6.80. The quantitative estimate of drug-likeness (QED) is 0.766. The second-order valence-electron chi connectivity index (χ2n) is 3.82. The summed E-state index contributed by atoms with van der Waals surface area (Å²) in [6, 6.07) is 0. The average Bonchev–Trinajstić information content (AvgIpc) is 2.61. The molecule has 1 aromatic heterocycles. The number of nitrogens with two attached hydrogens (primary N) is 1. The Kier molecular flexibility index (Phi) is 4.54. The fourth-order valence-corrected chi connectivity index (χ4v) is 3.89. The zero-order valence-electron chi connectivity index (χ0n) is 10.5. The smallest absolute Gasteiger partial charge is 0.396 e. The number of rotatable bonds is 4. The number of nitrogen functional groups attached to an aromatic ring is 1. The highest BCUT2D eigenvalue weighted by Crippen LogP contribution is 2.39. The Bertz CT molecular complexity index is 622. The van der Waals surface area contributed by atoms with Crippen molar-refractivity contribution in [1.82, 2.24) is 5.32 Å². The summed E-state index contributed by atoms with van der Waals surface area (Å²) in [5, 5.41) is 3.88. The molecule has 0 unspecified atom stereocenters. The van der Waals surface area contributed by atoms with E-state index in [4.69, 9.17) is 5.73 Å². The molecule has 0 aliphatic rings. The summed E-state index contributed by atoms with van der Waals surface area (Å²) in [6.45, 7) is -1.43. The first-order valence-electron chi connectivity index (χ1n) is 5.12. The average molecular weight is 331 g/mol. The predicted octanol–water partition coefficient (Wildman–Crippen LogP) is 1.07. The summed E-state index contributed by atoms with van der Waals surface area (Å²) in [5.74, 6) is -0.669. The minimum absolute atomic E-state index is 0.155. The number of sulfone groups is 1. The normalized spacial score (nSPS) is 12.2. The van der Waals surface area contributed by atoms with Gasteiger partial charge in [0.25, 0.3) is 5.91 Å². The van der Waals surface area contributed by atoms with Gasteiger partial charge in [0.2, 0.25) is 0 Å². The van der Waals surface area contributed by atoms with Crippen molar-refractivity contribution < 1.29 is 26.4 Å². The van der Waals surface area contributed by atoms with Gasteiger partial charge < -0.3 is 16.4 Å². The van der Waals surface area contributed by atoms with Crippen LogP contribution in [0.2, 0.25) is 0 Å². The summed E-state index contributed by atoms with van der Waals surface area (Å²) >= 11 is 0.559. The molecular formula is C9H12F3N3O3S2. The van der Waals surface area contributed by atoms with Gasteiger partial charge in [0.1, 0.15) is 21.3 Å². The lowest BCUT2D eigenvalue weighted by Gasteiger charge is -2.09. The highest BCUT2D eigenvalue weighted by molar-refractivity contribution is 7.91. The summed E-state index contributed by atoms with van der Waals surface area (Å²) in [7, 11) is -2.58. The van der Waals surface area contributed by atoms with E-state index in [2.05, 4.69) is 5.32 Å². The summed E-state index contributed by atoms with van der Waals surface area (Å²) in [5.41, 5.74) is 5.20. The van der Waals surface area contributed by atoms with E-state index in [1.807, 2.05) is 5.32 Å². The molecule has 0 saturated carbocycles. The Morgan fingerprint density at radius 1 is 1.40 bits per heavy atom. The van der Waals surface area contributed by atoms with E-state index in [1.165, 1.54) is 7.05 Å². The molecule has 0 atom stereocenters. The van der Waals surface area contributed by atoms with Gasteiger partial charge in [0.15, 0.2) is 9.84 Å². The standard InChI is InChI=1S/C9H12F3N3O3S2/c1-14-7(16)5-4(13)6(20(2,17)18)8(19-5)15-3-9(10,11)12/h15H,3,13H2,1-2H3,(H,14,16). The first-order valence-corrected chi connectivity index (χ1v) is 7.83. The van der Waals surface area contributed by atoms with E-state index in [0.29, 0.717) is 11.3 Å². The van der Waals surface area contributed by atoms with Crippen LogP contribution in [-0.4, -0.2) is 40.3 Å². The minimum Gasteiger partial charge on any atom is -0.396 e. The lowest BCUT2D eigenvalue weighted by molar-refractivity contribution is -0.115.